The number of unbranched alkanes of at least 4 members (excludes halogenated alkanes) is 4. The van der Waals surface area contributed by atoms with Crippen LogP contribution in [0.25, 0.3) is 0 Å². The molecule has 0 radical (unpaired) electrons. The van der Waals surface area contributed by atoms with Crippen LogP contribution in [0.1, 0.15) is 71.8 Å². The number of ether oxygens (including phenoxy) is 5. The Morgan fingerprint density at radius 1 is 1.03 bits per heavy atom. The maximum Gasteiger partial charge on any atom is 0.416 e. The number of rotatable bonds is 14. The lowest BCUT2D eigenvalue weighted by Gasteiger charge is -2.32. The van der Waals surface area contributed by atoms with Crippen molar-refractivity contribution in [2.75, 3.05) is 25.1 Å². The number of benzene rings is 1. The van der Waals surface area contributed by atoms with Gasteiger partial charge in [0.15, 0.2) is 17.2 Å². The van der Waals surface area contributed by atoms with Gasteiger partial charge in [0.1, 0.15) is 18.3 Å². The Balaban J connectivity index is 1.70. The zero-order valence-corrected chi connectivity index (χ0v) is 23.5. The maximum absolute atomic E-state index is 12.9. The van der Waals surface area contributed by atoms with Crippen molar-refractivity contribution in [1.29, 1.82) is 0 Å². The second-order valence-electron chi connectivity index (χ2n) is 10.2. The molecule has 0 spiro atoms. The van der Waals surface area contributed by atoms with E-state index >= 15 is 0 Å². The molecule has 2 heterocycles. The zero-order chi connectivity index (χ0) is 27.8. The van der Waals surface area contributed by atoms with E-state index < -0.39 is 42.1 Å². The van der Waals surface area contributed by atoms with Gasteiger partial charge in [-0.25, -0.2) is 0 Å². The third-order valence-electron chi connectivity index (χ3n) is 6.48. The third-order valence-corrected chi connectivity index (χ3v) is 6.70. The van der Waals surface area contributed by atoms with Crippen molar-refractivity contribution in [1.82, 2.24) is 5.32 Å². The second-order valence-corrected chi connectivity index (χ2v) is 10.6. The minimum absolute atomic E-state index is 0.228. The number of alkyl halides is 3. The van der Waals surface area contributed by atoms with Gasteiger partial charge in [0.2, 0.25) is 0 Å². The summed E-state index contributed by atoms with van der Waals surface area (Å²) in [5.74, 6) is -0.836. The Labute approximate surface area is 229 Å². The number of anilines is 1. The molecule has 38 heavy (non-hydrogen) atoms. The monoisotopic (exact) mass is 562 g/mol. The molecule has 0 unspecified atom stereocenters. The first-order valence-electron chi connectivity index (χ1n) is 13.5. The summed E-state index contributed by atoms with van der Waals surface area (Å²) in [7, 11) is 0. The molecule has 0 amide bonds. The molecule has 2 aliphatic heterocycles. The summed E-state index contributed by atoms with van der Waals surface area (Å²) in [6.45, 7) is 9.46. The highest BCUT2D eigenvalue weighted by molar-refractivity contribution is 7.80. The first-order chi connectivity index (χ1) is 18.0. The first kappa shape index (κ1) is 31.0. The van der Waals surface area contributed by atoms with Crippen LogP contribution >= 0.6 is 12.2 Å². The van der Waals surface area contributed by atoms with Gasteiger partial charge in [0.25, 0.3) is 0 Å². The van der Waals surface area contributed by atoms with Crippen LogP contribution in [0.2, 0.25) is 0 Å². The van der Waals surface area contributed by atoms with Crippen LogP contribution in [0.4, 0.5) is 18.9 Å². The van der Waals surface area contributed by atoms with Gasteiger partial charge in [-0.3, -0.25) is 0 Å². The Morgan fingerprint density at radius 2 is 1.68 bits per heavy atom. The highest BCUT2D eigenvalue weighted by Gasteiger charge is 2.57. The quantitative estimate of drug-likeness (QED) is 0.211. The van der Waals surface area contributed by atoms with E-state index in [0.717, 1.165) is 50.7 Å². The molecule has 5 atom stereocenters. The van der Waals surface area contributed by atoms with E-state index in [1.54, 1.807) is 0 Å². The molecule has 0 saturated carbocycles. The van der Waals surface area contributed by atoms with Crippen molar-refractivity contribution in [2.45, 2.75) is 109 Å². The van der Waals surface area contributed by atoms with Gasteiger partial charge in [-0.05, 0) is 63.2 Å². The van der Waals surface area contributed by atoms with E-state index in [2.05, 4.69) is 24.5 Å². The van der Waals surface area contributed by atoms with Crippen molar-refractivity contribution in [3.05, 3.63) is 29.8 Å². The van der Waals surface area contributed by atoms with Crippen molar-refractivity contribution in [3.8, 4) is 0 Å². The molecule has 2 fully saturated rings. The van der Waals surface area contributed by atoms with E-state index in [4.69, 9.17) is 35.9 Å². The zero-order valence-electron chi connectivity index (χ0n) is 22.6. The Hall–Kier alpha value is -1.50. The van der Waals surface area contributed by atoms with Crippen LogP contribution in [0.3, 0.4) is 0 Å². The van der Waals surface area contributed by atoms with E-state index in [0.29, 0.717) is 25.5 Å². The van der Waals surface area contributed by atoms with E-state index in [9.17, 15) is 13.2 Å². The molecule has 216 valence electrons. The number of nitrogens with one attached hydrogen (secondary N) is 2. The Kier molecular flexibility index (Phi) is 11.6. The molecule has 2 aliphatic rings. The second kappa shape index (κ2) is 14.2. The summed E-state index contributed by atoms with van der Waals surface area (Å²) >= 11 is 5.52. The first-order valence-corrected chi connectivity index (χ1v) is 13.9. The standard InChI is InChI=1S/C27H41F3N2O5S/c1-5-7-9-15-33-17-20(34-16-10-8-6-2)22-21(23-24(35-22)37-26(3,4)36-23)32-25(38)31-19-13-11-18(12-14-19)27(28,29)30/h11-14,20-24H,5-10,15-17H2,1-4H3,(H2,31,32,38)/t20-,21+,22-,23-,24-/m1/s1. The molecule has 0 aliphatic carbocycles. The minimum Gasteiger partial charge on any atom is -0.379 e. The fraction of sp³-hybridized carbons (Fsp3) is 0.741. The lowest BCUT2D eigenvalue weighted by molar-refractivity contribution is -0.222. The summed E-state index contributed by atoms with van der Waals surface area (Å²) in [6, 6.07) is 4.25. The van der Waals surface area contributed by atoms with Crippen molar-refractivity contribution >= 4 is 23.0 Å². The topological polar surface area (TPSA) is 70.2 Å². The van der Waals surface area contributed by atoms with Gasteiger partial charge in [-0.1, -0.05) is 39.5 Å². The molecular formula is C27H41F3N2O5S. The van der Waals surface area contributed by atoms with E-state index in [-0.39, 0.29) is 11.2 Å². The van der Waals surface area contributed by atoms with Crippen molar-refractivity contribution < 1.29 is 36.9 Å². The van der Waals surface area contributed by atoms with Gasteiger partial charge in [0, 0.05) is 18.9 Å². The third kappa shape index (κ3) is 9.02. The average molecular weight is 563 g/mol. The van der Waals surface area contributed by atoms with E-state index in [1.807, 2.05) is 13.8 Å². The van der Waals surface area contributed by atoms with Crippen LogP contribution in [0.15, 0.2) is 24.3 Å². The molecular weight excluding hydrogens is 521 g/mol. The SMILES string of the molecule is CCCCCOC[C@@H](OCCCCC)[C@H]1O[C@@H]2OC(C)(C)O[C@@H]2[C@H]1NC(=S)Nc1ccc(C(F)(F)F)cc1. The molecule has 1 aromatic carbocycles. The highest BCUT2D eigenvalue weighted by Crippen LogP contribution is 2.39. The van der Waals surface area contributed by atoms with Crippen molar-refractivity contribution in [2.24, 2.45) is 0 Å². The summed E-state index contributed by atoms with van der Waals surface area (Å²) < 4.78 is 69.4. The summed E-state index contributed by atoms with van der Waals surface area (Å²) in [5, 5.41) is 6.45. The molecule has 2 saturated heterocycles. The molecule has 0 aromatic heterocycles. The van der Waals surface area contributed by atoms with Gasteiger partial charge < -0.3 is 34.3 Å². The lowest BCUT2D eigenvalue weighted by atomic mass is 10.0. The van der Waals surface area contributed by atoms with E-state index in [1.165, 1.54) is 12.1 Å². The smallest absolute Gasteiger partial charge is 0.379 e. The fourth-order valence-corrected chi connectivity index (χ4v) is 4.81. The number of hydrogen-bond donors (Lipinski definition) is 2. The highest BCUT2D eigenvalue weighted by atomic mass is 32.1. The molecule has 11 heteroatoms. The summed E-state index contributed by atoms with van der Waals surface area (Å²) in [5.41, 5.74) is -0.298. The molecule has 1 aromatic rings. The van der Waals surface area contributed by atoms with Gasteiger partial charge in [-0.15, -0.1) is 0 Å². The Morgan fingerprint density at radius 3 is 2.32 bits per heavy atom. The molecule has 7 nitrogen and oxygen atoms in total. The number of hydrogen-bond acceptors (Lipinski definition) is 6. The van der Waals surface area contributed by atoms with Gasteiger partial charge in [-0.2, -0.15) is 13.2 Å². The Bertz CT molecular complexity index is 871. The predicted molar refractivity (Wildman–Crippen MR) is 143 cm³/mol. The summed E-state index contributed by atoms with van der Waals surface area (Å²) in [6.07, 6.45) is -0.132. The number of thiocarbonyl (C=S) groups is 1. The van der Waals surface area contributed by atoms with Crippen LogP contribution in [0.5, 0.6) is 0 Å². The maximum atomic E-state index is 12.9. The van der Waals surface area contributed by atoms with Crippen LogP contribution in [-0.4, -0.2) is 61.4 Å². The normalized spacial score (nSPS) is 25.2. The number of halogens is 3. The van der Waals surface area contributed by atoms with Gasteiger partial charge >= 0.3 is 6.18 Å². The average Bonchev–Trinajstić information content (AvgIpc) is 3.32. The van der Waals surface area contributed by atoms with Crippen LogP contribution < -0.4 is 10.6 Å². The van der Waals surface area contributed by atoms with Crippen LogP contribution in [-0.2, 0) is 29.9 Å². The predicted octanol–water partition coefficient (Wildman–Crippen LogP) is 6.02. The molecule has 0 bridgehead atoms. The molecule has 3 rings (SSSR count). The summed E-state index contributed by atoms with van der Waals surface area (Å²) in [4.78, 5) is 0. The van der Waals surface area contributed by atoms with Crippen molar-refractivity contribution in [3.63, 3.8) is 0 Å². The minimum atomic E-state index is -4.40. The largest absolute Gasteiger partial charge is 0.416 e. The molecule has 2 N–H and O–H groups in total. The van der Waals surface area contributed by atoms with Gasteiger partial charge in [0.05, 0.1) is 18.2 Å². The number of fused-ring (bicyclic) bond motifs is 1. The van der Waals surface area contributed by atoms with Crippen LogP contribution in [0, 0.1) is 0 Å². The fourth-order valence-electron chi connectivity index (χ4n) is 4.55. The lowest BCUT2D eigenvalue weighted by Crippen LogP contribution is -2.54.